The van der Waals surface area contributed by atoms with E-state index in [-0.39, 0.29) is 29.3 Å². The number of aromatic amines is 1. The monoisotopic (exact) mass is 332 g/mol. The molecule has 9 nitrogen and oxygen atoms in total. The van der Waals surface area contributed by atoms with Gasteiger partial charge < -0.3 is 19.8 Å². The molecule has 0 spiro atoms. The van der Waals surface area contributed by atoms with Crippen LogP contribution in [0.15, 0.2) is 17.4 Å². The molecule has 1 fully saturated rings. The number of likely N-dealkylation sites (tertiary alicyclic amines) is 1. The summed E-state index contributed by atoms with van der Waals surface area (Å²) in [6, 6.07) is 0. The molecule has 1 aliphatic rings. The van der Waals surface area contributed by atoms with E-state index < -0.39 is 0 Å². The highest BCUT2D eigenvalue weighted by atomic mass is 16.2. The molecule has 1 aliphatic heterocycles. The van der Waals surface area contributed by atoms with E-state index in [1.54, 1.807) is 4.57 Å². The summed E-state index contributed by atoms with van der Waals surface area (Å²) in [5.41, 5.74) is 0.451. The molecule has 0 radical (unpaired) electrons. The molecule has 2 N–H and O–H groups in total. The van der Waals surface area contributed by atoms with E-state index in [4.69, 9.17) is 0 Å². The number of imidazole rings is 1. The molecule has 2 aromatic heterocycles. The van der Waals surface area contributed by atoms with Crippen molar-refractivity contribution in [1.82, 2.24) is 29.7 Å². The first-order valence-electron chi connectivity index (χ1n) is 8.08. The number of carbonyl (C=O) groups excluding carboxylic acids is 2. The van der Waals surface area contributed by atoms with Gasteiger partial charge in [0.1, 0.15) is 0 Å². The molecule has 0 bridgehead atoms. The molecule has 0 unspecified atom stereocenters. The molecule has 3 rings (SSSR count). The van der Waals surface area contributed by atoms with Gasteiger partial charge >= 0.3 is 0 Å². The van der Waals surface area contributed by atoms with Gasteiger partial charge in [-0.2, -0.15) is 0 Å². The van der Waals surface area contributed by atoms with Crippen molar-refractivity contribution in [2.45, 2.75) is 32.2 Å². The Morgan fingerprint density at radius 2 is 2.17 bits per heavy atom. The minimum Gasteiger partial charge on any atom is -0.356 e. The second-order valence-corrected chi connectivity index (χ2v) is 5.78. The molecular formula is C15H20N6O3. The summed E-state index contributed by atoms with van der Waals surface area (Å²) in [6.07, 6.45) is 5.44. The summed E-state index contributed by atoms with van der Waals surface area (Å²) in [6.45, 7) is 2.47. The number of nitrogens with zero attached hydrogens (tertiary/aromatic N) is 4. The van der Waals surface area contributed by atoms with E-state index in [0.29, 0.717) is 31.7 Å². The van der Waals surface area contributed by atoms with Gasteiger partial charge in [0.2, 0.25) is 11.8 Å². The van der Waals surface area contributed by atoms with Gasteiger partial charge in [0.25, 0.3) is 5.56 Å². The van der Waals surface area contributed by atoms with Crippen molar-refractivity contribution in [2.24, 2.45) is 0 Å². The average molecular weight is 332 g/mol. The van der Waals surface area contributed by atoms with Gasteiger partial charge in [0.05, 0.1) is 12.7 Å². The van der Waals surface area contributed by atoms with Crippen molar-refractivity contribution in [3.8, 4) is 0 Å². The van der Waals surface area contributed by atoms with E-state index in [9.17, 15) is 14.4 Å². The SMILES string of the molecule is O=C(CCn1cnc2c(=O)[nH]cnc21)NCCCN1CCCC1=O. The van der Waals surface area contributed by atoms with Crippen LogP contribution >= 0.6 is 0 Å². The maximum absolute atomic E-state index is 11.9. The lowest BCUT2D eigenvalue weighted by atomic mass is 10.3. The number of aromatic nitrogens is 4. The Bertz CT molecular complexity index is 796. The number of carbonyl (C=O) groups is 2. The van der Waals surface area contributed by atoms with Crippen LogP contribution < -0.4 is 10.9 Å². The van der Waals surface area contributed by atoms with Crippen LogP contribution in [-0.4, -0.2) is 55.9 Å². The number of amides is 2. The Morgan fingerprint density at radius 1 is 1.29 bits per heavy atom. The number of H-pyrrole nitrogens is 1. The summed E-state index contributed by atoms with van der Waals surface area (Å²) in [7, 11) is 0. The van der Waals surface area contributed by atoms with Crippen LogP contribution in [0.2, 0.25) is 0 Å². The molecule has 9 heteroatoms. The third-order valence-electron chi connectivity index (χ3n) is 4.09. The van der Waals surface area contributed by atoms with Crippen LogP contribution in [0.1, 0.15) is 25.7 Å². The Hall–Kier alpha value is -2.71. The van der Waals surface area contributed by atoms with Gasteiger partial charge in [-0.25, -0.2) is 9.97 Å². The zero-order valence-electron chi connectivity index (χ0n) is 13.3. The van der Waals surface area contributed by atoms with E-state index in [1.807, 2.05) is 4.90 Å². The zero-order chi connectivity index (χ0) is 16.9. The lowest BCUT2D eigenvalue weighted by Gasteiger charge is -2.15. The molecule has 0 aliphatic carbocycles. The molecule has 2 aromatic rings. The Morgan fingerprint density at radius 3 is 2.96 bits per heavy atom. The smallest absolute Gasteiger partial charge is 0.278 e. The summed E-state index contributed by atoms with van der Waals surface area (Å²) in [5.74, 6) is 0.130. The van der Waals surface area contributed by atoms with Gasteiger partial charge in [-0.15, -0.1) is 0 Å². The molecule has 0 aromatic carbocycles. The zero-order valence-corrected chi connectivity index (χ0v) is 13.3. The first-order valence-corrected chi connectivity index (χ1v) is 8.08. The molecule has 0 atom stereocenters. The lowest BCUT2D eigenvalue weighted by molar-refractivity contribution is -0.127. The number of fused-ring (bicyclic) bond motifs is 1. The fourth-order valence-corrected chi connectivity index (χ4v) is 2.80. The predicted molar refractivity (Wildman–Crippen MR) is 86.2 cm³/mol. The van der Waals surface area contributed by atoms with Gasteiger partial charge in [-0.3, -0.25) is 14.4 Å². The Labute approximate surface area is 138 Å². The standard InChI is InChI=1S/C15H20N6O3/c22-11(16-5-2-7-20-6-1-3-12(20)23)4-8-21-10-19-13-14(21)17-9-18-15(13)24/h9-10H,1-8H2,(H,16,22)(H,17,18,24). The maximum atomic E-state index is 11.9. The summed E-state index contributed by atoms with van der Waals surface area (Å²) < 4.78 is 1.69. The Kier molecular flexibility index (Phi) is 4.88. The average Bonchev–Trinajstić information content (AvgIpc) is 3.17. The molecular weight excluding hydrogens is 312 g/mol. The minimum atomic E-state index is -0.292. The predicted octanol–water partition coefficient (Wildman–Crippen LogP) is -0.362. The third kappa shape index (κ3) is 3.61. The van der Waals surface area contributed by atoms with E-state index >= 15 is 0 Å². The highest BCUT2D eigenvalue weighted by Gasteiger charge is 2.19. The highest BCUT2D eigenvalue weighted by Crippen LogP contribution is 2.09. The molecule has 24 heavy (non-hydrogen) atoms. The van der Waals surface area contributed by atoms with E-state index in [0.717, 1.165) is 19.4 Å². The molecule has 1 saturated heterocycles. The molecule has 0 saturated carbocycles. The maximum Gasteiger partial charge on any atom is 0.278 e. The van der Waals surface area contributed by atoms with Gasteiger partial charge in [-0.1, -0.05) is 0 Å². The van der Waals surface area contributed by atoms with Gasteiger partial charge in [0.15, 0.2) is 11.2 Å². The van der Waals surface area contributed by atoms with Crippen LogP contribution in [0, 0.1) is 0 Å². The Balaban J connectivity index is 1.41. The van der Waals surface area contributed by atoms with Crippen molar-refractivity contribution in [3.63, 3.8) is 0 Å². The number of hydrogen-bond donors (Lipinski definition) is 2. The minimum absolute atomic E-state index is 0.0746. The van der Waals surface area contributed by atoms with E-state index in [1.165, 1.54) is 12.7 Å². The van der Waals surface area contributed by atoms with Crippen LogP contribution in [0.4, 0.5) is 0 Å². The van der Waals surface area contributed by atoms with Gasteiger partial charge in [-0.05, 0) is 12.8 Å². The molecule has 3 heterocycles. The van der Waals surface area contributed by atoms with Crippen LogP contribution in [-0.2, 0) is 16.1 Å². The van der Waals surface area contributed by atoms with Crippen molar-refractivity contribution in [3.05, 3.63) is 23.0 Å². The first kappa shape index (κ1) is 16.2. The molecule has 2 amide bonds. The van der Waals surface area contributed by atoms with E-state index in [2.05, 4.69) is 20.3 Å². The number of nitrogens with one attached hydrogen (secondary N) is 2. The quantitative estimate of drug-likeness (QED) is 0.672. The highest BCUT2D eigenvalue weighted by molar-refractivity contribution is 5.78. The van der Waals surface area contributed by atoms with Crippen molar-refractivity contribution in [1.29, 1.82) is 0 Å². The van der Waals surface area contributed by atoms with Crippen LogP contribution in [0.5, 0.6) is 0 Å². The number of rotatable bonds is 7. The van der Waals surface area contributed by atoms with Crippen molar-refractivity contribution >= 4 is 23.0 Å². The fraction of sp³-hybridized carbons (Fsp3) is 0.533. The van der Waals surface area contributed by atoms with Gasteiger partial charge in [0, 0.05) is 39.0 Å². The summed E-state index contributed by atoms with van der Waals surface area (Å²) in [4.78, 5) is 47.3. The number of hydrogen-bond acceptors (Lipinski definition) is 5. The summed E-state index contributed by atoms with van der Waals surface area (Å²) >= 11 is 0. The van der Waals surface area contributed by atoms with Crippen molar-refractivity contribution < 1.29 is 9.59 Å². The van der Waals surface area contributed by atoms with Crippen molar-refractivity contribution in [2.75, 3.05) is 19.6 Å². The summed E-state index contributed by atoms with van der Waals surface area (Å²) in [5, 5.41) is 2.84. The second kappa shape index (κ2) is 7.24. The third-order valence-corrected chi connectivity index (χ3v) is 4.09. The molecule has 128 valence electrons. The van der Waals surface area contributed by atoms with Crippen LogP contribution in [0.3, 0.4) is 0 Å². The fourth-order valence-electron chi connectivity index (χ4n) is 2.80. The number of aryl methyl sites for hydroxylation is 1. The largest absolute Gasteiger partial charge is 0.356 e. The first-order chi connectivity index (χ1) is 11.6. The topological polar surface area (TPSA) is 113 Å². The second-order valence-electron chi connectivity index (χ2n) is 5.78. The lowest BCUT2D eigenvalue weighted by Crippen LogP contribution is -2.31. The van der Waals surface area contributed by atoms with Crippen LogP contribution in [0.25, 0.3) is 11.2 Å². The normalized spacial score (nSPS) is 14.5.